The lowest BCUT2D eigenvalue weighted by atomic mass is 9.95. The molecule has 0 amide bonds. The van der Waals surface area contributed by atoms with Crippen LogP contribution in [0.2, 0.25) is 0 Å². The van der Waals surface area contributed by atoms with Gasteiger partial charge in [-0.15, -0.1) is 0 Å². The summed E-state index contributed by atoms with van der Waals surface area (Å²) >= 11 is 0. The lowest BCUT2D eigenvalue weighted by Gasteiger charge is -2.23. The third kappa shape index (κ3) is 4.83. The Bertz CT molecular complexity index is 2640. The zero-order valence-electron chi connectivity index (χ0n) is 27.5. The number of halogens is 8. The summed E-state index contributed by atoms with van der Waals surface area (Å²) in [4.78, 5) is 0. The number of aryl methyl sites for hydroxylation is 4. The Hall–Kier alpha value is -5.64. The molecule has 0 saturated heterocycles. The van der Waals surface area contributed by atoms with Gasteiger partial charge in [-0.25, -0.2) is 22.0 Å². The summed E-state index contributed by atoms with van der Waals surface area (Å²) in [6.45, 7) is 7.39. The normalized spacial score (nSPS) is 12.3. The first kappa shape index (κ1) is 32.6. The molecule has 8 rings (SSSR count). The number of fused-ring (bicyclic) bond motifs is 6. The molecule has 8 aromatic rings. The fraction of sp³-hybridized carbons (Fsp3) is 0.122. The standard InChI is InChI=1S/C41H26F8N2/c1-19-5-9-23-24-10-6-20(2)14-30(24)50(29(23)13-19)33-17-27(35-36(42)38(44)40(46)39(45)37(35)43)28(41(47,48)49)18-34(33)51-31-15-21(3)7-11-25(31)26-12-8-22(4)16-32(26)51/h5-18H,1-4H3. The number of nitrogens with zero attached hydrogens (tertiary/aromatic N) is 2. The van der Waals surface area contributed by atoms with E-state index >= 15 is 22.0 Å². The van der Waals surface area contributed by atoms with Crippen molar-refractivity contribution in [2.75, 3.05) is 0 Å². The van der Waals surface area contributed by atoms with Crippen LogP contribution >= 0.6 is 0 Å². The second-order valence-electron chi connectivity index (χ2n) is 13.1. The molecule has 0 N–H and O–H groups in total. The predicted molar refractivity (Wildman–Crippen MR) is 184 cm³/mol. The van der Waals surface area contributed by atoms with Crippen molar-refractivity contribution in [2.24, 2.45) is 0 Å². The predicted octanol–water partition coefficient (Wildman–Crippen LogP) is 12.5. The van der Waals surface area contributed by atoms with Crippen molar-refractivity contribution in [3.8, 4) is 22.5 Å². The third-order valence-electron chi connectivity index (χ3n) is 9.54. The van der Waals surface area contributed by atoms with Crippen LogP contribution in [0.4, 0.5) is 35.1 Å². The van der Waals surface area contributed by atoms with Crippen LogP contribution in [-0.4, -0.2) is 9.13 Å². The zero-order valence-corrected chi connectivity index (χ0v) is 27.5. The second kappa shape index (κ2) is 11.2. The Kier molecular flexibility index (Phi) is 7.14. The highest BCUT2D eigenvalue weighted by Gasteiger charge is 2.39. The van der Waals surface area contributed by atoms with Gasteiger partial charge in [-0.3, -0.25) is 0 Å². The smallest absolute Gasteiger partial charge is 0.307 e. The molecule has 6 aromatic carbocycles. The molecular weight excluding hydrogens is 672 g/mol. The van der Waals surface area contributed by atoms with Gasteiger partial charge in [-0.2, -0.15) is 13.2 Å². The van der Waals surface area contributed by atoms with E-state index in [1.807, 2.05) is 100 Å². The summed E-state index contributed by atoms with van der Waals surface area (Å²) in [6.07, 6.45) is -5.29. The van der Waals surface area contributed by atoms with Crippen molar-refractivity contribution in [1.29, 1.82) is 0 Å². The van der Waals surface area contributed by atoms with Crippen LogP contribution in [0.1, 0.15) is 27.8 Å². The highest BCUT2D eigenvalue weighted by molar-refractivity contribution is 6.12. The minimum absolute atomic E-state index is 0.0204. The fourth-order valence-corrected chi connectivity index (χ4v) is 7.21. The fourth-order valence-electron chi connectivity index (χ4n) is 7.21. The van der Waals surface area contributed by atoms with Crippen LogP contribution in [0.25, 0.3) is 66.1 Å². The molecule has 0 atom stereocenters. The van der Waals surface area contributed by atoms with E-state index in [-0.39, 0.29) is 11.4 Å². The van der Waals surface area contributed by atoms with Crippen LogP contribution in [0.5, 0.6) is 0 Å². The third-order valence-corrected chi connectivity index (χ3v) is 9.54. The van der Waals surface area contributed by atoms with E-state index in [2.05, 4.69) is 0 Å². The molecule has 0 bridgehead atoms. The van der Waals surface area contributed by atoms with Crippen molar-refractivity contribution in [3.05, 3.63) is 142 Å². The minimum atomic E-state index is -5.29. The zero-order chi connectivity index (χ0) is 36.3. The largest absolute Gasteiger partial charge is 0.417 e. The highest BCUT2D eigenvalue weighted by Crippen LogP contribution is 2.46. The number of rotatable bonds is 3. The number of hydrogen-bond acceptors (Lipinski definition) is 0. The van der Waals surface area contributed by atoms with Crippen LogP contribution in [0.15, 0.2) is 84.9 Å². The molecule has 2 heterocycles. The van der Waals surface area contributed by atoms with Crippen molar-refractivity contribution in [1.82, 2.24) is 9.13 Å². The van der Waals surface area contributed by atoms with Gasteiger partial charge in [0.1, 0.15) is 0 Å². The maximum Gasteiger partial charge on any atom is 0.417 e. The maximum absolute atomic E-state index is 15.5. The molecule has 10 heteroatoms. The molecule has 0 aliphatic heterocycles. The Morgan fingerprint density at radius 2 is 0.725 bits per heavy atom. The Labute approximate surface area is 285 Å². The summed E-state index contributed by atoms with van der Waals surface area (Å²) in [5, 5.41) is 2.97. The van der Waals surface area contributed by atoms with Gasteiger partial charge in [0.15, 0.2) is 23.3 Å². The van der Waals surface area contributed by atoms with Gasteiger partial charge in [-0.05, 0) is 86.3 Å². The van der Waals surface area contributed by atoms with E-state index in [0.29, 0.717) is 22.1 Å². The number of alkyl halides is 3. The Balaban J connectivity index is 1.66. The first-order chi connectivity index (χ1) is 24.1. The molecule has 2 nitrogen and oxygen atoms in total. The number of benzene rings is 6. The van der Waals surface area contributed by atoms with E-state index < -0.39 is 52.0 Å². The first-order valence-electron chi connectivity index (χ1n) is 16.0. The van der Waals surface area contributed by atoms with Crippen molar-refractivity contribution in [2.45, 2.75) is 33.9 Å². The molecule has 0 saturated carbocycles. The van der Waals surface area contributed by atoms with Crippen LogP contribution < -0.4 is 0 Å². The van der Waals surface area contributed by atoms with E-state index in [1.165, 1.54) is 0 Å². The maximum atomic E-state index is 15.5. The van der Waals surface area contributed by atoms with Crippen LogP contribution in [-0.2, 0) is 6.18 Å². The van der Waals surface area contributed by atoms with Gasteiger partial charge >= 0.3 is 6.18 Å². The van der Waals surface area contributed by atoms with Crippen molar-refractivity contribution < 1.29 is 35.1 Å². The molecule has 0 aliphatic rings. The summed E-state index contributed by atoms with van der Waals surface area (Å²) in [5.74, 6) is -11.9. The van der Waals surface area contributed by atoms with E-state index in [1.54, 1.807) is 9.13 Å². The molecule has 0 spiro atoms. The summed E-state index contributed by atoms with van der Waals surface area (Å²) < 4.78 is 124. The summed E-state index contributed by atoms with van der Waals surface area (Å²) in [5.41, 5.74) is 1.08. The van der Waals surface area contributed by atoms with E-state index in [4.69, 9.17) is 0 Å². The lowest BCUT2D eigenvalue weighted by molar-refractivity contribution is -0.137. The van der Waals surface area contributed by atoms with Crippen LogP contribution in [0.3, 0.4) is 0 Å². The number of hydrogen-bond donors (Lipinski definition) is 0. The van der Waals surface area contributed by atoms with Gasteiger partial charge < -0.3 is 9.13 Å². The van der Waals surface area contributed by atoms with Crippen molar-refractivity contribution in [3.63, 3.8) is 0 Å². The summed E-state index contributed by atoms with van der Waals surface area (Å²) in [6, 6.07) is 24.0. The average Bonchev–Trinajstić information content (AvgIpc) is 3.56. The van der Waals surface area contributed by atoms with Gasteiger partial charge in [0.2, 0.25) is 5.82 Å². The topological polar surface area (TPSA) is 9.86 Å². The Morgan fingerprint density at radius 3 is 1.06 bits per heavy atom. The molecular formula is C41H26F8N2. The number of aromatic nitrogens is 2. The highest BCUT2D eigenvalue weighted by atomic mass is 19.4. The second-order valence-corrected chi connectivity index (χ2v) is 13.1. The monoisotopic (exact) mass is 698 g/mol. The van der Waals surface area contributed by atoms with E-state index in [9.17, 15) is 13.2 Å². The van der Waals surface area contributed by atoms with Gasteiger partial charge in [0.05, 0.1) is 44.6 Å². The summed E-state index contributed by atoms with van der Waals surface area (Å²) in [7, 11) is 0. The van der Waals surface area contributed by atoms with Gasteiger partial charge in [0.25, 0.3) is 0 Å². The molecule has 0 fully saturated rings. The average molecular weight is 699 g/mol. The molecule has 0 unspecified atom stereocenters. The lowest BCUT2D eigenvalue weighted by Crippen LogP contribution is -2.14. The first-order valence-corrected chi connectivity index (χ1v) is 16.0. The van der Waals surface area contributed by atoms with Gasteiger partial charge in [-0.1, -0.05) is 48.5 Å². The molecule has 0 aliphatic carbocycles. The SMILES string of the molecule is Cc1ccc2c3ccc(C)cc3n(-c3cc(-c4c(F)c(F)c(F)c(F)c4F)c(C(F)(F)F)cc3-n3c4cc(C)ccc4c4ccc(C)cc43)c2c1. The van der Waals surface area contributed by atoms with Crippen molar-refractivity contribution >= 4 is 43.6 Å². The molecule has 0 radical (unpaired) electrons. The van der Waals surface area contributed by atoms with E-state index in [0.717, 1.165) is 55.9 Å². The van der Waals surface area contributed by atoms with Gasteiger partial charge in [0, 0.05) is 27.1 Å². The quantitative estimate of drug-likeness (QED) is 0.0988. The minimum Gasteiger partial charge on any atom is -0.307 e. The molecule has 256 valence electrons. The molecule has 51 heavy (non-hydrogen) atoms. The molecule has 2 aromatic heterocycles. The Morgan fingerprint density at radius 1 is 0.412 bits per heavy atom. The van der Waals surface area contributed by atoms with Crippen LogP contribution in [0, 0.1) is 56.8 Å².